The smallest absolute Gasteiger partial charge is 0.332 e. The molecule has 4 heterocycles. The van der Waals surface area contributed by atoms with E-state index in [0.29, 0.717) is 29.7 Å². The minimum absolute atomic E-state index is 0.210. The van der Waals surface area contributed by atoms with Gasteiger partial charge in [-0.25, -0.2) is 24.7 Å². The fourth-order valence-electron chi connectivity index (χ4n) is 3.70. The summed E-state index contributed by atoms with van der Waals surface area (Å²) >= 11 is 1.29. The molecule has 1 aromatic carbocycles. The van der Waals surface area contributed by atoms with Crippen LogP contribution >= 0.6 is 11.8 Å². The lowest BCUT2D eigenvalue weighted by molar-refractivity contribution is 0.592. The molecule has 0 saturated heterocycles. The summed E-state index contributed by atoms with van der Waals surface area (Å²) in [7, 11) is 2.98. The van der Waals surface area contributed by atoms with Gasteiger partial charge in [-0.05, 0) is 12.0 Å². The molecular weight excluding hydrogens is 456 g/mol. The topological polar surface area (TPSA) is 133 Å². The number of rotatable bonds is 6. The summed E-state index contributed by atoms with van der Waals surface area (Å²) in [4.78, 5) is 58.2. The van der Waals surface area contributed by atoms with Crippen molar-refractivity contribution < 1.29 is 0 Å². The molecule has 0 radical (unpaired) electrons. The maximum absolute atomic E-state index is 13.2. The number of imidazole rings is 1. The lowest BCUT2D eigenvalue weighted by Gasteiger charge is -2.12. The van der Waals surface area contributed by atoms with Crippen LogP contribution in [0.3, 0.4) is 0 Å². The Morgan fingerprint density at radius 2 is 1.71 bits per heavy atom. The standard InChI is InChI=1S/C22H20N8O3S/c1-28-18-16(19(31)29(2)22(28)33)25-14(26-18)12-34-21-27-17-15(23-9-10-24-17)20(32)30(21)11-8-13-6-4-3-5-7-13/h3-7,9-10H,8,11-12H2,1-2H3,(H,25,26). The number of aromatic nitrogens is 8. The number of aryl methyl sites for hydroxylation is 2. The Labute approximate surface area is 196 Å². The van der Waals surface area contributed by atoms with Gasteiger partial charge in [-0.2, -0.15) is 0 Å². The number of nitrogens with zero attached hydrogens (tertiary/aromatic N) is 7. The van der Waals surface area contributed by atoms with Crippen molar-refractivity contribution in [3.63, 3.8) is 0 Å². The number of benzene rings is 1. The highest BCUT2D eigenvalue weighted by molar-refractivity contribution is 7.98. The van der Waals surface area contributed by atoms with Crippen LogP contribution in [-0.4, -0.2) is 38.6 Å². The normalized spacial score (nSPS) is 11.5. The third kappa shape index (κ3) is 3.81. The highest BCUT2D eigenvalue weighted by Gasteiger charge is 2.17. The molecule has 0 saturated carbocycles. The zero-order valence-corrected chi connectivity index (χ0v) is 19.2. The zero-order chi connectivity index (χ0) is 23.8. The average Bonchev–Trinajstić information content (AvgIpc) is 3.30. The molecule has 0 aliphatic rings. The second-order valence-electron chi connectivity index (χ2n) is 7.69. The molecule has 5 rings (SSSR count). The summed E-state index contributed by atoms with van der Waals surface area (Å²) in [5.41, 5.74) is 0.944. The van der Waals surface area contributed by atoms with E-state index in [4.69, 9.17) is 0 Å². The van der Waals surface area contributed by atoms with Crippen molar-refractivity contribution in [2.24, 2.45) is 14.1 Å². The Balaban J connectivity index is 1.51. The Hall–Kier alpha value is -4.06. The van der Waals surface area contributed by atoms with E-state index in [2.05, 4.69) is 24.9 Å². The Kier molecular flexibility index (Phi) is 5.57. The lowest BCUT2D eigenvalue weighted by atomic mass is 10.1. The van der Waals surface area contributed by atoms with Gasteiger partial charge < -0.3 is 4.98 Å². The maximum atomic E-state index is 13.2. The molecule has 0 aliphatic heterocycles. The lowest BCUT2D eigenvalue weighted by Crippen LogP contribution is -2.36. The summed E-state index contributed by atoms with van der Waals surface area (Å²) in [6.07, 6.45) is 3.61. The first-order valence-corrected chi connectivity index (χ1v) is 11.5. The maximum Gasteiger partial charge on any atom is 0.332 e. The van der Waals surface area contributed by atoms with Crippen LogP contribution in [0.15, 0.2) is 62.3 Å². The zero-order valence-electron chi connectivity index (χ0n) is 18.4. The number of aromatic amines is 1. The molecule has 4 aromatic heterocycles. The van der Waals surface area contributed by atoms with Crippen LogP contribution in [0.25, 0.3) is 22.3 Å². The van der Waals surface area contributed by atoms with Crippen LogP contribution in [0, 0.1) is 0 Å². The Bertz CT molecular complexity index is 1700. The molecule has 1 N–H and O–H groups in total. The summed E-state index contributed by atoms with van der Waals surface area (Å²) in [5.74, 6) is 0.789. The first kappa shape index (κ1) is 21.8. The van der Waals surface area contributed by atoms with Crippen LogP contribution < -0.4 is 16.8 Å². The van der Waals surface area contributed by atoms with Gasteiger partial charge >= 0.3 is 5.69 Å². The van der Waals surface area contributed by atoms with E-state index in [-0.39, 0.29) is 27.9 Å². The van der Waals surface area contributed by atoms with Crippen LogP contribution in [0.4, 0.5) is 0 Å². The SMILES string of the molecule is Cn1c(=O)c2[nH]c(CSc3nc4nccnc4c(=O)n3CCc3ccccc3)nc2n(C)c1=O. The Morgan fingerprint density at radius 3 is 2.50 bits per heavy atom. The number of nitrogens with one attached hydrogen (secondary N) is 1. The van der Waals surface area contributed by atoms with Crippen LogP contribution in [0.1, 0.15) is 11.4 Å². The fourth-order valence-corrected chi connectivity index (χ4v) is 4.58. The van der Waals surface area contributed by atoms with Gasteiger partial charge in [0, 0.05) is 33.0 Å². The number of H-pyrrole nitrogens is 1. The van der Waals surface area contributed by atoms with Crippen LogP contribution in [0.2, 0.25) is 0 Å². The summed E-state index contributed by atoms with van der Waals surface area (Å²) in [6.45, 7) is 0.417. The van der Waals surface area contributed by atoms with Crippen molar-refractivity contribution in [1.29, 1.82) is 0 Å². The predicted octanol–water partition coefficient (Wildman–Crippen LogP) is 0.995. The highest BCUT2D eigenvalue weighted by Crippen LogP contribution is 2.21. The minimum Gasteiger partial charge on any atom is -0.335 e. The molecule has 5 aromatic rings. The van der Waals surface area contributed by atoms with E-state index in [0.717, 1.165) is 10.1 Å². The molecule has 172 valence electrons. The second-order valence-corrected chi connectivity index (χ2v) is 8.63. The number of fused-ring (bicyclic) bond motifs is 2. The van der Waals surface area contributed by atoms with Gasteiger partial charge in [0.05, 0.1) is 5.75 Å². The van der Waals surface area contributed by atoms with Crippen molar-refractivity contribution in [3.8, 4) is 0 Å². The van der Waals surface area contributed by atoms with Gasteiger partial charge in [0.15, 0.2) is 22.0 Å². The molecule has 0 bridgehead atoms. The number of thioether (sulfide) groups is 1. The molecular formula is C22H20N8O3S. The number of hydrogen-bond donors (Lipinski definition) is 1. The third-order valence-electron chi connectivity index (χ3n) is 5.51. The molecule has 12 heteroatoms. The van der Waals surface area contributed by atoms with E-state index in [9.17, 15) is 14.4 Å². The summed E-state index contributed by atoms with van der Waals surface area (Å²) in [5, 5.41) is 0.469. The summed E-state index contributed by atoms with van der Waals surface area (Å²) in [6, 6.07) is 9.87. The molecule has 34 heavy (non-hydrogen) atoms. The molecule has 0 unspecified atom stereocenters. The van der Waals surface area contributed by atoms with Gasteiger partial charge in [-0.1, -0.05) is 42.1 Å². The molecule has 0 spiro atoms. The van der Waals surface area contributed by atoms with Crippen LogP contribution in [-0.2, 0) is 32.8 Å². The minimum atomic E-state index is -0.451. The fraction of sp³-hybridized carbons (Fsp3) is 0.227. The Morgan fingerprint density at radius 1 is 0.941 bits per heavy atom. The predicted molar refractivity (Wildman–Crippen MR) is 128 cm³/mol. The van der Waals surface area contributed by atoms with E-state index >= 15 is 0 Å². The van der Waals surface area contributed by atoms with Gasteiger partial charge in [0.25, 0.3) is 11.1 Å². The monoisotopic (exact) mass is 476 g/mol. The molecule has 0 aliphatic carbocycles. The van der Waals surface area contributed by atoms with Gasteiger partial charge in [-0.15, -0.1) is 0 Å². The molecule has 0 fully saturated rings. The van der Waals surface area contributed by atoms with Crippen molar-refractivity contribution in [3.05, 3.63) is 85.3 Å². The van der Waals surface area contributed by atoms with E-state index in [1.165, 1.54) is 35.8 Å². The highest BCUT2D eigenvalue weighted by atomic mass is 32.2. The quantitative estimate of drug-likeness (QED) is 0.283. The first-order chi connectivity index (χ1) is 16.4. The van der Waals surface area contributed by atoms with Gasteiger partial charge in [0.1, 0.15) is 11.3 Å². The number of hydrogen-bond acceptors (Lipinski definition) is 8. The average molecular weight is 477 g/mol. The van der Waals surface area contributed by atoms with Gasteiger partial charge in [-0.3, -0.25) is 23.3 Å². The third-order valence-corrected chi connectivity index (χ3v) is 6.50. The van der Waals surface area contributed by atoms with Crippen molar-refractivity contribution in [2.45, 2.75) is 23.9 Å². The summed E-state index contributed by atoms with van der Waals surface area (Å²) < 4.78 is 3.94. The van der Waals surface area contributed by atoms with Crippen molar-refractivity contribution in [1.82, 2.24) is 38.6 Å². The largest absolute Gasteiger partial charge is 0.335 e. The first-order valence-electron chi connectivity index (χ1n) is 10.5. The van der Waals surface area contributed by atoms with Crippen molar-refractivity contribution >= 4 is 34.1 Å². The van der Waals surface area contributed by atoms with E-state index < -0.39 is 11.2 Å². The molecule has 0 atom stereocenters. The van der Waals surface area contributed by atoms with Gasteiger partial charge in [0.2, 0.25) is 0 Å². The second kappa shape index (κ2) is 8.71. The van der Waals surface area contributed by atoms with Crippen molar-refractivity contribution in [2.75, 3.05) is 0 Å². The van der Waals surface area contributed by atoms with E-state index in [1.54, 1.807) is 11.6 Å². The molecule has 0 amide bonds. The van der Waals surface area contributed by atoms with Crippen LogP contribution in [0.5, 0.6) is 0 Å². The molecule has 11 nitrogen and oxygen atoms in total. The van der Waals surface area contributed by atoms with E-state index in [1.807, 2.05) is 30.3 Å².